The molecule has 8 nitrogen and oxygen atoms in total. The van der Waals surface area contributed by atoms with E-state index in [2.05, 4.69) is 43.1 Å². The number of ether oxygens (including phenoxy) is 1. The second kappa shape index (κ2) is 8.46. The fourth-order valence-corrected chi connectivity index (χ4v) is 4.23. The van der Waals surface area contributed by atoms with Crippen molar-refractivity contribution in [1.29, 1.82) is 5.26 Å². The molecule has 1 unspecified atom stereocenters. The van der Waals surface area contributed by atoms with Crippen LogP contribution in [0.3, 0.4) is 0 Å². The molecule has 0 bridgehead atoms. The summed E-state index contributed by atoms with van der Waals surface area (Å²) >= 11 is 6.57. The van der Waals surface area contributed by atoms with Crippen molar-refractivity contribution in [2.24, 2.45) is 0 Å². The molecule has 0 amide bonds. The SMILES string of the molecule is CCOc1c(C(C)Nc2ncnc3nc[nH]c23)cc(Cl)c(C#N)c1C1CN(CC)C1. The maximum absolute atomic E-state index is 9.80. The first-order valence-corrected chi connectivity index (χ1v) is 10.5. The minimum absolute atomic E-state index is 0.167. The number of aromatic amines is 1. The van der Waals surface area contributed by atoms with Gasteiger partial charge in [-0.1, -0.05) is 18.5 Å². The fourth-order valence-electron chi connectivity index (χ4n) is 3.97. The summed E-state index contributed by atoms with van der Waals surface area (Å²) in [6.07, 6.45) is 3.07. The number of halogens is 1. The first-order chi connectivity index (χ1) is 14.6. The van der Waals surface area contributed by atoms with E-state index in [1.165, 1.54) is 6.33 Å². The summed E-state index contributed by atoms with van der Waals surface area (Å²) in [7, 11) is 0. The summed E-state index contributed by atoms with van der Waals surface area (Å²) in [5, 5.41) is 13.7. The zero-order chi connectivity index (χ0) is 21.3. The molecule has 2 N–H and O–H groups in total. The van der Waals surface area contributed by atoms with E-state index in [9.17, 15) is 5.26 Å². The Labute approximate surface area is 180 Å². The number of rotatable bonds is 7. The van der Waals surface area contributed by atoms with Crippen molar-refractivity contribution < 1.29 is 4.74 Å². The molecule has 0 radical (unpaired) electrons. The molecule has 2 aromatic heterocycles. The van der Waals surface area contributed by atoms with E-state index in [0.717, 1.165) is 42.0 Å². The van der Waals surface area contributed by atoms with Crippen molar-refractivity contribution in [2.75, 3.05) is 31.6 Å². The lowest BCUT2D eigenvalue weighted by molar-refractivity contribution is 0.154. The number of nitrogens with zero attached hydrogens (tertiary/aromatic N) is 5. The molecule has 1 aliphatic rings. The molecule has 1 fully saturated rings. The van der Waals surface area contributed by atoms with Gasteiger partial charge in [-0.05, 0) is 26.5 Å². The van der Waals surface area contributed by atoms with Gasteiger partial charge >= 0.3 is 0 Å². The number of anilines is 1. The zero-order valence-corrected chi connectivity index (χ0v) is 18.0. The van der Waals surface area contributed by atoms with Gasteiger partial charge in [0.1, 0.15) is 23.7 Å². The van der Waals surface area contributed by atoms with Gasteiger partial charge in [-0.3, -0.25) is 0 Å². The molecule has 0 saturated carbocycles. The molecule has 4 rings (SSSR count). The number of hydrogen-bond donors (Lipinski definition) is 2. The molecule has 1 atom stereocenters. The van der Waals surface area contributed by atoms with Crippen LogP contribution < -0.4 is 10.1 Å². The zero-order valence-electron chi connectivity index (χ0n) is 17.2. The largest absolute Gasteiger partial charge is 0.493 e. The average molecular weight is 426 g/mol. The molecule has 0 aliphatic carbocycles. The first-order valence-electron chi connectivity index (χ1n) is 10.1. The van der Waals surface area contributed by atoms with Gasteiger partial charge in [0.15, 0.2) is 11.5 Å². The van der Waals surface area contributed by atoms with E-state index in [1.807, 2.05) is 19.9 Å². The van der Waals surface area contributed by atoms with Crippen molar-refractivity contribution in [3.8, 4) is 11.8 Å². The molecular formula is C21H24ClN7O. The highest BCUT2D eigenvalue weighted by Crippen LogP contribution is 2.43. The Hall–Kier alpha value is -2.89. The van der Waals surface area contributed by atoms with E-state index < -0.39 is 0 Å². The first kappa shape index (κ1) is 20.4. The highest BCUT2D eigenvalue weighted by molar-refractivity contribution is 6.32. The summed E-state index contributed by atoms with van der Waals surface area (Å²) in [6, 6.07) is 3.96. The molecular weight excluding hydrogens is 402 g/mol. The lowest BCUT2D eigenvalue weighted by Crippen LogP contribution is -2.45. The van der Waals surface area contributed by atoms with Crippen molar-refractivity contribution in [3.05, 3.63) is 40.4 Å². The van der Waals surface area contributed by atoms with Crippen molar-refractivity contribution in [2.45, 2.75) is 32.7 Å². The van der Waals surface area contributed by atoms with Crippen LogP contribution in [-0.4, -0.2) is 51.1 Å². The van der Waals surface area contributed by atoms with E-state index in [1.54, 1.807) is 6.33 Å². The molecule has 1 aliphatic heterocycles. The standard InChI is InChI=1S/C21H24ClN7O/c1-4-29-8-13(9-29)17-15(7-23)16(22)6-14(19(17)30-5-2)12(3)28-21-18-20(25-10-24-18)26-11-27-21/h6,10-13H,4-5,8-9H2,1-3H3,(H2,24,25,26,27,28). The van der Waals surface area contributed by atoms with Crippen molar-refractivity contribution >= 4 is 28.6 Å². The van der Waals surface area contributed by atoms with Crippen LogP contribution >= 0.6 is 11.6 Å². The van der Waals surface area contributed by atoms with Crippen LogP contribution in [0.1, 0.15) is 49.4 Å². The van der Waals surface area contributed by atoms with Crippen molar-refractivity contribution in [1.82, 2.24) is 24.8 Å². The van der Waals surface area contributed by atoms with Gasteiger partial charge in [-0.15, -0.1) is 0 Å². The number of H-pyrrole nitrogens is 1. The number of nitriles is 1. The van der Waals surface area contributed by atoms with Gasteiger partial charge < -0.3 is 19.9 Å². The van der Waals surface area contributed by atoms with E-state index in [4.69, 9.17) is 16.3 Å². The number of fused-ring (bicyclic) bond motifs is 1. The van der Waals surface area contributed by atoms with Gasteiger partial charge in [-0.25, -0.2) is 15.0 Å². The normalized spacial score (nSPS) is 15.6. The van der Waals surface area contributed by atoms with E-state index >= 15 is 0 Å². The van der Waals surface area contributed by atoms with Gasteiger partial charge in [-0.2, -0.15) is 5.26 Å². The fraction of sp³-hybridized carbons (Fsp3) is 0.429. The van der Waals surface area contributed by atoms with Crippen LogP contribution in [0.5, 0.6) is 5.75 Å². The molecule has 1 saturated heterocycles. The average Bonchev–Trinajstić information content (AvgIpc) is 3.19. The molecule has 3 heterocycles. The minimum atomic E-state index is -0.167. The number of likely N-dealkylation sites (N-methyl/N-ethyl adjacent to an activating group) is 1. The Morgan fingerprint density at radius 1 is 1.37 bits per heavy atom. The third-order valence-electron chi connectivity index (χ3n) is 5.55. The third-order valence-corrected chi connectivity index (χ3v) is 5.85. The maximum Gasteiger partial charge on any atom is 0.182 e. The topological polar surface area (TPSA) is 103 Å². The highest BCUT2D eigenvalue weighted by atomic mass is 35.5. The second-order valence-electron chi connectivity index (χ2n) is 7.35. The predicted molar refractivity (Wildman–Crippen MR) is 116 cm³/mol. The Balaban J connectivity index is 1.76. The number of likely N-dealkylation sites (tertiary alicyclic amines) is 1. The van der Waals surface area contributed by atoms with Crippen LogP contribution in [0.2, 0.25) is 5.02 Å². The van der Waals surface area contributed by atoms with Crippen LogP contribution in [0.4, 0.5) is 5.82 Å². The number of aromatic nitrogens is 4. The van der Waals surface area contributed by atoms with Gasteiger partial charge in [0.2, 0.25) is 0 Å². The Bertz CT molecular complexity index is 1100. The third kappa shape index (κ3) is 3.55. The van der Waals surface area contributed by atoms with Gasteiger partial charge in [0, 0.05) is 30.1 Å². The minimum Gasteiger partial charge on any atom is -0.493 e. The number of imidazole rings is 1. The molecule has 0 spiro atoms. The van der Waals surface area contributed by atoms with Gasteiger partial charge in [0.25, 0.3) is 0 Å². The summed E-state index contributed by atoms with van der Waals surface area (Å²) < 4.78 is 6.10. The molecule has 1 aromatic carbocycles. The Morgan fingerprint density at radius 3 is 2.87 bits per heavy atom. The lowest BCUT2D eigenvalue weighted by Gasteiger charge is -2.40. The predicted octanol–water partition coefficient (Wildman–Crippen LogP) is 3.87. The Kier molecular flexibility index (Phi) is 5.75. The second-order valence-corrected chi connectivity index (χ2v) is 7.76. The number of hydrogen-bond acceptors (Lipinski definition) is 7. The van der Waals surface area contributed by atoms with E-state index in [-0.39, 0.29) is 12.0 Å². The summed E-state index contributed by atoms with van der Waals surface area (Å²) in [6.45, 7) is 9.39. The summed E-state index contributed by atoms with van der Waals surface area (Å²) in [5.41, 5.74) is 3.65. The molecule has 3 aromatic rings. The monoisotopic (exact) mass is 425 g/mol. The Morgan fingerprint density at radius 2 is 2.17 bits per heavy atom. The number of benzene rings is 1. The maximum atomic E-state index is 9.80. The lowest BCUT2D eigenvalue weighted by atomic mass is 9.85. The van der Waals surface area contributed by atoms with Crippen LogP contribution in [0.25, 0.3) is 11.2 Å². The van der Waals surface area contributed by atoms with E-state index in [0.29, 0.717) is 28.7 Å². The smallest absolute Gasteiger partial charge is 0.182 e. The van der Waals surface area contributed by atoms with Gasteiger partial charge in [0.05, 0.1) is 29.6 Å². The summed E-state index contributed by atoms with van der Waals surface area (Å²) in [5.74, 6) is 1.62. The van der Waals surface area contributed by atoms with Crippen LogP contribution in [-0.2, 0) is 0 Å². The van der Waals surface area contributed by atoms with Crippen molar-refractivity contribution in [3.63, 3.8) is 0 Å². The molecule has 156 valence electrons. The van der Waals surface area contributed by atoms with Crippen LogP contribution in [0.15, 0.2) is 18.7 Å². The van der Waals surface area contributed by atoms with Crippen LogP contribution in [0, 0.1) is 11.3 Å². The highest BCUT2D eigenvalue weighted by Gasteiger charge is 2.34. The molecule has 30 heavy (non-hydrogen) atoms. The number of nitrogens with one attached hydrogen (secondary N) is 2. The quantitative estimate of drug-likeness (QED) is 0.592. The molecule has 9 heteroatoms. The summed E-state index contributed by atoms with van der Waals surface area (Å²) in [4.78, 5) is 18.1.